The van der Waals surface area contributed by atoms with E-state index in [4.69, 9.17) is 5.11 Å². The molecule has 0 saturated heterocycles. The average Bonchev–Trinajstić information content (AvgIpc) is 2.37. The van der Waals surface area contributed by atoms with E-state index in [0.29, 0.717) is 0 Å². The molecule has 0 aromatic heterocycles. The summed E-state index contributed by atoms with van der Waals surface area (Å²) < 4.78 is 0. The normalized spacial score (nSPS) is 9.68. The topological polar surface area (TPSA) is 101 Å². The summed E-state index contributed by atoms with van der Waals surface area (Å²) in [7, 11) is 0. The molecular weight excluding hydrogens is 252 g/mol. The number of nitro groups is 1. The summed E-state index contributed by atoms with van der Waals surface area (Å²) in [5, 5.41) is 19.2. The molecule has 0 atom stereocenters. The van der Waals surface area contributed by atoms with Crippen molar-refractivity contribution in [1.29, 1.82) is 0 Å². The molecule has 0 radical (unpaired) electrons. The fourth-order valence-corrected chi connectivity index (χ4v) is 1.45. The van der Waals surface area contributed by atoms with Crippen molar-refractivity contribution in [3.63, 3.8) is 0 Å². The van der Waals surface area contributed by atoms with Crippen LogP contribution in [0.1, 0.15) is 10.4 Å². The number of amides is 1. The number of carboxylic acid groups (broad SMARTS) is 1. The largest absolute Gasteiger partial charge is 0.480 e. The third kappa shape index (κ3) is 3.91. The Hall–Kier alpha value is -2.70. The molecular formula is C12H12N2O5. The molecule has 0 aliphatic rings. The van der Waals surface area contributed by atoms with Crippen molar-refractivity contribution >= 4 is 17.6 Å². The number of hydrogen-bond donors (Lipinski definition) is 1. The highest BCUT2D eigenvalue weighted by atomic mass is 16.6. The van der Waals surface area contributed by atoms with Crippen LogP contribution in [0.25, 0.3) is 0 Å². The molecule has 1 rings (SSSR count). The molecule has 1 amide bonds. The van der Waals surface area contributed by atoms with Crippen LogP contribution in [0.5, 0.6) is 0 Å². The maximum absolute atomic E-state index is 12.0. The van der Waals surface area contributed by atoms with Crippen molar-refractivity contribution in [1.82, 2.24) is 4.90 Å². The van der Waals surface area contributed by atoms with Crippen LogP contribution >= 0.6 is 0 Å². The second-order valence-corrected chi connectivity index (χ2v) is 3.67. The van der Waals surface area contributed by atoms with Gasteiger partial charge in [0.05, 0.1) is 4.92 Å². The monoisotopic (exact) mass is 264 g/mol. The van der Waals surface area contributed by atoms with Crippen LogP contribution in [0.15, 0.2) is 36.9 Å². The van der Waals surface area contributed by atoms with E-state index in [2.05, 4.69) is 6.58 Å². The van der Waals surface area contributed by atoms with Crippen LogP contribution in [0.3, 0.4) is 0 Å². The zero-order valence-corrected chi connectivity index (χ0v) is 9.98. The third-order valence-corrected chi connectivity index (χ3v) is 2.29. The Kier molecular flexibility index (Phi) is 4.76. The smallest absolute Gasteiger partial charge is 0.323 e. The minimum Gasteiger partial charge on any atom is -0.480 e. The lowest BCUT2D eigenvalue weighted by Gasteiger charge is -2.18. The van der Waals surface area contributed by atoms with Gasteiger partial charge in [-0.3, -0.25) is 19.7 Å². The number of non-ortho nitro benzene ring substituents is 1. The lowest BCUT2D eigenvalue weighted by atomic mass is 10.2. The lowest BCUT2D eigenvalue weighted by molar-refractivity contribution is -0.384. The summed E-state index contributed by atoms with van der Waals surface area (Å²) in [6.07, 6.45) is 1.41. The second kappa shape index (κ2) is 6.29. The second-order valence-electron chi connectivity index (χ2n) is 3.67. The van der Waals surface area contributed by atoms with Gasteiger partial charge in [0.25, 0.3) is 11.6 Å². The van der Waals surface area contributed by atoms with Gasteiger partial charge in [0, 0.05) is 24.2 Å². The highest BCUT2D eigenvalue weighted by molar-refractivity contribution is 5.96. The Labute approximate surface area is 108 Å². The predicted molar refractivity (Wildman–Crippen MR) is 66.8 cm³/mol. The predicted octanol–water partition coefficient (Wildman–Crippen LogP) is 1.31. The molecule has 100 valence electrons. The molecule has 1 aromatic carbocycles. The number of rotatable bonds is 6. The summed E-state index contributed by atoms with van der Waals surface area (Å²) in [5.41, 5.74) is 0.0544. The van der Waals surface area contributed by atoms with Gasteiger partial charge in [0.2, 0.25) is 0 Å². The Balaban J connectivity index is 2.92. The fourth-order valence-electron chi connectivity index (χ4n) is 1.45. The van der Waals surface area contributed by atoms with Gasteiger partial charge < -0.3 is 10.0 Å². The van der Waals surface area contributed by atoms with Crippen LogP contribution in [0, 0.1) is 10.1 Å². The molecule has 0 unspecified atom stereocenters. The first-order valence-corrected chi connectivity index (χ1v) is 5.32. The molecule has 0 saturated carbocycles. The Morgan fingerprint density at radius 1 is 1.37 bits per heavy atom. The molecule has 0 fully saturated rings. The molecule has 1 aromatic rings. The van der Waals surface area contributed by atoms with Crippen LogP contribution < -0.4 is 0 Å². The average molecular weight is 264 g/mol. The van der Waals surface area contributed by atoms with E-state index in [1.165, 1.54) is 30.3 Å². The van der Waals surface area contributed by atoms with Crippen LogP contribution in [-0.2, 0) is 4.79 Å². The van der Waals surface area contributed by atoms with E-state index in [1.54, 1.807) is 0 Å². The van der Waals surface area contributed by atoms with Crippen LogP contribution in [0.4, 0.5) is 5.69 Å². The number of nitrogens with zero attached hydrogens (tertiary/aromatic N) is 2. The number of nitro benzene ring substituents is 1. The van der Waals surface area contributed by atoms with Crippen molar-refractivity contribution in [2.45, 2.75) is 0 Å². The molecule has 7 heteroatoms. The first-order valence-electron chi connectivity index (χ1n) is 5.32. The molecule has 0 spiro atoms. The molecule has 0 aliphatic heterocycles. The number of carbonyl (C=O) groups is 2. The molecule has 19 heavy (non-hydrogen) atoms. The van der Waals surface area contributed by atoms with Gasteiger partial charge in [-0.1, -0.05) is 6.08 Å². The van der Waals surface area contributed by atoms with Crippen molar-refractivity contribution in [2.75, 3.05) is 13.1 Å². The zero-order chi connectivity index (χ0) is 14.4. The molecule has 7 nitrogen and oxygen atoms in total. The number of benzene rings is 1. The summed E-state index contributed by atoms with van der Waals surface area (Å²) in [5.74, 6) is -1.66. The molecule has 0 heterocycles. The van der Waals surface area contributed by atoms with Crippen molar-refractivity contribution in [3.05, 3.63) is 52.6 Å². The maximum Gasteiger partial charge on any atom is 0.323 e. The van der Waals surface area contributed by atoms with E-state index in [-0.39, 0.29) is 17.8 Å². The summed E-state index contributed by atoms with van der Waals surface area (Å²) in [6.45, 7) is 3.07. The first-order chi connectivity index (χ1) is 8.95. The van der Waals surface area contributed by atoms with E-state index in [1.807, 2.05) is 0 Å². The van der Waals surface area contributed by atoms with Gasteiger partial charge in [-0.2, -0.15) is 0 Å². The number of aliphatic carboxylic acids is 1. The minimum atomic E-state index is -1.14. The number of carbonyl (C=O) groups excluding carboxylic acids is 1. The van der Waals surface area contributed by atoms with Crippen molar-refractivity contribution < 1.29 is 19.6 Å². The van der Waals surface area contributed by atoms with Gasteiger partial charge in [-0.15, -0.1) is 6.58 Å². The molecule has 1 N–H and O–H groups in total. The molecule has 0 aliphatic carbocycles. The van der Waals surface area contributed by atoms with E-state index < -0.39 is 23.3 Å². The standard InChI is InChI=1S/C12H12N2O5/c1-2-7-13(8-11(15)16)12(17)9-3-5-10(6-4-9)14(18)19/h2-6H,1,7-8H2,(H,15,16). The fraction of sp³-hybridized carbons (Fsp3) is 0.167. The van der Waals surface area contributed by atoms with Gasteiger partial charge in [-0.05, 0) is 12.1 Å². The number of hydrogen-bond acceptors (Lipinski definition) is 4. The Morgan fingerprint density at radius 3 is 2.37 bits per heavy atom. The van der Waals surface area contributed by atoms with Crippen LogP contribution in [-0.4, -0.2) is 39.9 Å². The van der Waals surface area contributed by atoms with Gasteiger partial charge in [0.15, 0.2) is 0 Å². The van der Waals surface area contributed by atoms with Crippen molar-refractivity contribution in [2.24, 2.45) is 0 Å². The zero-order valence-electron chi connectivity index (χ0n) is 9.98. The van der Waals surface area contributed by atoms with E-state index >= 15 is 0 Å². The third-order valence-electron chi connectivity index (χ3n) is 2.29. The van der Waals surface area contributed by atoms with Crippen molar-refractivity contribution in [3.8, 4) is 0 Å². The Morgan fingerprint density at radius 2 is 1.95 bits per heavy atom. The Bertz CT molecular complexity index is 509. The van der Waals surface area contributed by atoms with Gasteiger partial charge in [0.1, 0.15) is 6.54 Å². The maximum atomic E-state index is 12.0. The van der Waals surface area contributed by atoms with Gasteiger partial charge in [-0.25, -0.2) is 0 Å². The highest BCUT2D eigenvalue weighted by Gasteiger charge is 2.18. The summed E-state index contributed by atoms with van der Waals surface area (Å²) in [6, 6.07) is 4.97. The first kappa shape index (κ1) is 14.4. The summed E-state index contributed by atoms with van der Waals surface area (Å²) in [4.78, 5) is 33.6. The van der Waals surface area contributed by atoms with Gasteiger partial charge >= 0.3 is 5.97 Å². The van der Waals surface area contributed by atoms with E-state index in [9.17, 15) is 19.7 Å². The minimum absolute atomic E-state index is 0.0854. The van der Waals surface area contributed by atoms with Crippen LogP contribution in [0.2, 0.25) is 0 Å². The summed E-state index contributed by atoms with van der Waals surface area (Å²) >= 11 is 0. The highest BCUT2D eigenvalue weighted by Crippen LogP contribution is 2.13. The SMILES string of the molecule is C=CCN(CC(=O)O)C(=O)c1ccc([N+](=O)[O-])cc1. The quantitative estimate of drug-likeness (QED) is 0.474. The molecule has 0 bridgehead atoms. The van der Waals surface area contributed by atoms with E-state index in [0.717, 1.165) is 4.90 Å². The number of carboxylic acids is 1. The lowest BCUT2D eigenvalue weighted by Crippen LogP contribution is -2.35.